The number of carbonyl (C=O) groups is 1. The number of aromatic hydroxyl groups is 2. The number of benzene rings is 3. The summed E-state index contributed by atoms with van der Waals surface area (Å²) in [5.74, 6) is 1.09. The van der Waals surface area contributed by atoms with E-state index in [-0.39, 0.29) is 0 Å². The Labute approximate surface area is 216 Å². The second kappa shape index (κ2) is 14.5. The Bertz CT molecular complexity index is 1200. The number of rotatable bonds is 14. The highest BCUT2D eigenvalue weighted by molar-refractivity contribution is 5.86. The van der Waals surface area contributed by atoms with E-state index < -0.39 is 0 Å². The number of hydrogen-bond acceptors (Lipinski definition) is 3. The Balaban J connectivity index is 0.000000433. The molecule has 2 aliphatic carbocycles. The average molecular weight is 490 g/mol. The Hall–Kier alpha value is -3.01. The van der Waals surface area contributed by atoms with Crippen molar-refractivity contribution in [3.63, 3.8) is 0 Å². The topological polar surface area (TPSA) is 60.8 Å². The molecule has 0 unspecified atom stereocenters. The van der Waals surface area contributed by atoms with Gasteiger partial charge in [0.15, 0.2) is 0 Å². The normalized spacial score (nSPS) is 11.2. The predicted molar refractivity (Wildman–Crippen MR) is 149 cm³/mol. The first-order valence-electron chi connectivity index (χ1n) is 13.8. The molecule has 2 aliphatic rings. The maximum absolute atomic E-state index is 12.0. The third-order valence-electron chi connectivity index (χ3n) is 7.12. The molecule has 0 saturated heterocycles. The number of phenolic OH excluding ortho intramolecular Hbond substituents is 2. The van der Waals surface area contributed by atoms with Gasteiger partial charge in [-0.25, -0.2) is 0 Å². The first kappa shape index (κ1) is 27.6. The zero-order valence-electron chi connectivity index (χ0n) is 22.1. The van der Waals surface area contributed by atoms with Crippen LogP contribution in [0.3, 0.4) is 0 Å². The second-order valence-corrected chi connectivity index (χ2v) is 10.1. The van der Waals surface area contributed by atoms with Crippen molar-refractivity contribution in [3.05, 3.63) is 70.6 Å². The minimum atomic E-state index is 0.307. The lowest BCUT2D eigenvalue weighted by Gasteiger charge is -2.16. The van der Waals surface area contributed by atoms with Crippen molar-refractivity contribution in [2.24, 2.45) is 0 Å². The first-order chi connectivity index (χ1) is 17.5. The van der Waals surface area contributed by atoms with Gasteiger partial charge in [-0.3, -0.25) is 4.79 Å². The van der Waals surface area contributed by atoms with Gasteiger partial charge in [0.1, 0.15) is 11.5 Å². The van der Waals surface area contributed by atoms with Crippen molar-refractivity contribution in [1.82, 2.24) is 4.90 Å². The molecule has 0 spiro atoms. The molecule has 4 heteroatoms. The van der Waals surface area contributed by atoms with Crippen LogP contribution in [0.1, 0.15) is 83.1 Å². The fourth-order valence-electron chi connectivity index (χ4n) is 4.69. The van der Waals surface area contributed by atoms with E-state index in [1.165, 1.54) is 61.1 Å². The zero-order chi connectivity index (χ0) is 25.8. The lowest BCUT2D eigenvalue weighted by molar-refractivity contribution is -0.130. The SMILES string of the molecule is CCCCN(C)C(=O)CCCCCCCCCCc1cccc2cc(O)ccc12.Oc1cc2ccc1=2. The maximum Gasteiger partial charge on any atom is 0.222 e. The molecule has 0 saturated carbocycles. The monoisotopic (exact) mass is 489 g/mol. The zero-order valence-corrected chi connectivity index (χ0v) is 22.1. The van der Waals surface area contributed by atoms with Crippen molar-refractivity contribution >= 4 is 16.7 Å². The molecule has 0 fully saturated rings. The van der Waals surface area contributed by atoms with Crippen LogP contribution in [0.4, 0.5) is 0 Å². The third-order valence-corrected chi connectivity index (χ3v) is 7.12. The van der Waals surface area contributed by atoms with Gasteiger partial charge in [0.2, 0.25) is 5.91 Å². The molecule has 4 nitrogen and oxygen atoms in total. The Morgan fingerprint density at radius 3 is 2.11 bits per heavy atom. The summed E-state index contributed by atoms with van der Waals surface area (Å²) >= 11 is 0. The summed E-state index contributed by atoms with van der Waals surface area (Å²) in [4.78, 5) is 13.9. The molecular formula is C32H43NO3. The number of aryl methyl sites for hydroxylation is 1. The van der Waals surface area contributed by atoms with E-state index >= 15 is 0 Å². The van der Waals surface area contributed by atoms with Crippen molar-refractivity contribution in [1.29, 1.82) is 0 Å². The summed E-state index contributed by atoms with van der Waals surface area (Å²) in [5.41, 5.74) is 1.39. The van der Waals surface area contributed by atoms with Gasteiger partial charge in [-0.1, -0.05) is 88.3 Å². The Kier molecular flexibility index (Phi) is 11.1. The van der Waals surface area contributed by atoms with Crippen LogP contribution in [-0.2, 0) is 11.2 Å². The molecule has 0 aromatic heterocycles. The fraction of sp³-hybridized carbons (Fsp3) is 0.469. The molecule has 0 aliphatic heterocycles. The largest absolute Gasteiger partial charge is 0.508 e. The van der Waals surface area contributed by atoms with Crippen molar-refractivity contribution in [3.8, 4) is 11.5 Å². The molecule has 0 heterocycles. The molecule has 194 valence electrons. The van der Waals surface area contributed by atoms with Crippen LogP contribution in [0.2, 0.25) is 0 Å². The summed E-state index contributed by atoms with van der Waals surface area (Å²) in [5, 5.41) is 22.9. The molecule has 0 bridgehead atoms. The highest BCUT2D eigenvalue weighted by Crippen LogP contribution is 2.25. The van der Waals surface area contributed by atoms with Gasteiger partial charge in [0, 0.05) is 25.2 Å². The summed E-state index contributed by atoms with van der Waals surface area (Å²) in [6.07, 6.45) is 13.9. The van der Waals surface area contributed by atoms with E-state index in [9.17, 15) is 9.90 Å². The van der Waals surface area contributed by atoms with E-state index in [4.69, 9.17) is 5.11 Å². The van der Waals surface area contributed by atoms with Gasteiger partial charge in [-0.2, -0.15) is 0 Å². The van der Waals surface area contributed by atoms with Gasteiger partial charge >= 0.3 is 0 Å². The van der Waals surface area contributed by atoms with E-state index in [0.29, 0.717) is 23.8 Å². The van der Waals surface area contributed by atoms with Gasteiger partial charge in [-0.15, -0.1) is 0 Å². The van der Waals surface area contributed by atoms with Crippen molar-refractivity contribution < 1.29 is 15.0 Å². The molecule has 0 radical (unpaired) electrons. The standard InChI is InChI=1S/C26H39NO2.C6H4O/c1-3-4-20-27(2)26(29)17-12-10-8-6-5-7-9-11-14-22-15-13-16-23-21-24(28)18-19-25(22)23;7-6-3-4-1-2-5(4)6/h13,15-16,18-19,21,28H,3-12,14,17,20H2,1-2H3;1-3,7H. The Morgan fingerprint density at radius 2 is 1.53 bits per heavy atom. The maximum atomic E-state index is 12.0. The summed E-state index contributed by atoms with van der Waals surface area (Å²) < 4.78 is 0. The van der Waals surface area contributed by atoms with Crippen LogP contribution < -0.4 is 0 Å². The fourth-order valence-corrected chi connectivity index (χ4v) is 4.69. The third kappa shape index (κ3) is 8.29. The van der Waals surface area contributed by atoms with Crippen LogP contribution in [-0.4, -0.2) is 34.6 Å². The van der Waals surface area contributed by atoms with E-state index in [1.807, 2.05) is 36.2 Å². The lowest BCUT2D eigenvalue weighted by atomic mass is 9.99. The molecule has 0 atom stereocenters. The summed E-state index contributed by atoms with van der Waals surface area (Å²) in [6.45, 7) is 3.06. The number of hydrogen-bond donors (Lipinski definition) is 2. The molecule has 4 rings (SSSR count). The first-order valence-corrected chi connectivity index (χ1v) is 13.8. The predicted octanol–water partition coefficient (Wildman–Crippen LogP) is 7.85. The molecule has 2 aromatic carbocycles. The van der Waals surface area contributed by atoms with Gasteiger partial charge < -0.3 is 15.1 Å². The van der Waals surface area contributed by atoms with Crippen LogP contribution in [0.15, 0.2) is 54.6 Å². The minimum Gasteiger partial charge on any atom is -0.508 e. The number of amides is 1. The van der Waals surface area contributed by atoms with E-state index in [1.54, 1.807) is 12.1 Å². The van der Waals surface area contributed by atoms with Crippen molar-refractivity contribution in [2.45, 2.75) is 84.0 Å². The highest BCUT2D eigenvalue weighted by Gasteiger charge is 2.07. The van der Waals surface area contributed by atoms with Gasteiger partial charge in [-0.05, 0) is 65.4 Å². The second-order valence-electron chi connectivity index (χ2n) is 10.1. The molecule has 2 aromatic rings. The summed E-state index contributed by atoms with van der Waals surface area (Å²) in [7, 11) is 1.93. The number of carbonyl (C=O) groups excluding carboxylic acids is 1. The number of phenols is 2. The average Bonchev–Trinajstić information content (AvgIpc) is 2.86. The molecule has 1 amide bonds. The van der Waals surface area contributed by atoms with Gasteiger partial charge in [0.25, 0.3) is 0 Å². The minimum absolute atomic E-state index is 0.307. The molecular weight excluding hydrogens is 446 g/mol. The number of nitrogens with zero attached hydrogens (tertiary/aromatic N) is 1. The van der Waals surface area contributed by atoms with Crippen LogP contribution >= 0.6 is 0 Å². The number of unbranched alkanes of at least 4 members (excludes halogenated alkanes) is 8. The van der Waals surface area contributed by atoms with Crippen LogP contribution in [0, 0.1) is 10.4 Å². The number of fused-ring (bicyclic) bond motifs is 1. The van der Waals surface area contributed by atoms with E-state index in [2.05, 4.69) is 25.1 Å². The molecule has 36 heavy (non-hydrogen) atoms. The van der Waals surface area contributed by atoms with E-state index in [0.717, 1.165) is 42.8 Å². The Morgan fingerprint density at radius 1 is 0.806 bits per heavy atom. The van der Waals surface area contributed by atoms with Gasteiger partial charge in [0.05, 0.1) is 0 Å². The smallest absolute Gasteiger partial charge is 0.222 e. The quantitative estimate of drug-likeness (QED) is 0.177. The van der Waals surface area contributed by atoms with Crippen LogP contribution in [0.5, 0.6) is 11.5 Å². The highest BCUT2D eigenvalue weighted by atomic mass is 16.3. The molecule has 2 N–H and O–H groups in total. The van der Waals surface area contributed by atoms with Crippen LogP contribution in [0.25, 0.3) is 10.8 Å². The lowest BCUT2D eigenvalue weighted by Crippen LogP contribution is -2.27. The van der Waals surface area contributed by atoms with Crippen molar-refractivity contribution in [2.75, 3.05) is 13.6 Å². The summed E-state index contributed by atoms with van der Waals surface area (Å²) in [6, 6.07) is 17.7.